The van der Waals surface area contributed by atoms with Crippen LogP contribution in [0, 0.1) is 0 Å². The molecule has 6 nitrogen and oxygen atoms in total. The van der Waals surface area contributed by atoms with Crippen molar-refractivity contribution in [2.24, 2.45) is 0 Å². The number of carbonyl (C=O) groups excluding carboxylic acids is 3. The second kappa shape index (κ2) is 4.21. The van der Waals surface area contributed by atoms with E-state index in [1.165, 1.54) is 20.9 Å². The normalized spacial score (nSPS) is 22.2. The summed E-state index contributed by atoms with van der Waals surface area (Å²) in [5.41, 5.74) is -1.53. The molecule has 16 heavy (non-hydrogen) atoms. The molecule has 1 heterocycles. The molecule has 3 amide bonds. The Morgan fingerprint density at radius 2 is 2.06 bits per heavy atom. The maximum Gasteiger partial charge on any atom is 0.252 e. The highest BCUT2D eigenvalue weighted by Gasteiger charge is 2.35. The maximum absolute atomic E-state index is 11.6. The van der Waals surface area contributed by atoms with Crippen LogP contribution >= 0.6 is 0 Å². The van der Waals surface area contributed by atoms with Crippen LogP contribution in [0.25, 0.3) is 0 Å². The van der Waals surface area contributed by atoms with Crippen LogP contribution in [-0.2, 0) is 14.4 Å². The van der Waals surface area contributed by atoms with Gasteiger partial charge in [-0.05, 0) is 20.3 Å². The average Bonchev–Trinajstić information content (AvgIpc) is 2.17. The van der Waals surface area contributed by atoms with Gasteiger partial charge in [0.2, 0.25) is 5.91 Å². The molecule has 1 saturated heterocycles. The first kappa shape index (κ1) is 12.6. The van der Waals surface area contributed by atoms with E-state index in [-0.39, 0.29) is 18.7 Å². The Kier molecular flexibility index (Phi) is 3.32. The van der Waals surface area contributed by atoms with E-state index in [0.717, 1.165) is 4.90 Å². The van der Waals surface area contributed by atoms with Crippen molar-refractivity contribution < 1.29 is 19.5 Å². The SMILES string of the molecule is CN1C(=O)CCC(NC(=O)C(C)(C)O)C1=O. The zero-order chi connectivity index (χ0) is 12.5. The third kappa shape index (κ3) is 2.57. The van der Waals surface area contributed by atoms with E-state index < -0.39 is 23.5 Å². The summed E-state index contributed by atoms with van der Waals surface area (Å²) in [6.45, 7) is 2.68. The molecular formula is C10H16N2O4. The molecule has 0 aliphatic carbocycles. The van der Waals surface area contributed by atoms with Crippen molar-refractivity contribution in [2.45, 2.75) is 38.3 Å². The van der Waals surface area contributed by atoms with Gasteiger partial charge in [0.1, 0.15) is 11.6 Å². The van der Waals surface area contributed by atoms with Gasteiger partial charge in [-0.1, -0.05) is 0 Å². The fraction of sp³-hybridized carbons (Fsp3) is 0.700. The van der Waals surface area contributed by atoms with Crippen LogP contribution in [0.2, 0.25) is 0 Å². The van der Waals surface area contributed by atoms with Crippen molar-refractivity contribution >= 4 is 17.7 Å². The van der Waals surface area contributed by atoms with E-state index in [1.807, 2.05) is 0 Å². The highest BCUT2D eigenvalue weighted by Crippen LogP contribution is 2.12. The topological polar surface area (TPSA) is 86.7 Å². The first-order valence-electron chi connectivity index (χ1n) is 5.07. The average molecular weight is 228 g/mol. The summed E-state index contributed by atoms with van der Waals surface area (Å²) in [4.78, 5) is 35.2. The molecule has 2 N–H and O–H groups in total. The molecule has 0 aromatic heterocycles. The number of rotatable bonds is 2. The van der Waals surface area contributed by atoms with Gasteiger partial charge in [0.25, 0.3) is 11.8 Å². The quantitative estimate of drug-likeness (QED) is 0.595. The van der Waals surface area contributed by atoms with Gasteiger partial charge < -0.3 is 10.4 Å². The van der Waals surface area contributed by atoms with Crippen molar-refractivity contribution in [3.8, 4) is 0 Å². The van der Waals surface area contributed by atoms with Gasteiger partial charge in [-0.15, -0.1) is 0 Å². The molecule has 1 aliphatic heterocycles. The van der Waals surface area contributed by atoms with Crippen LogP contribution in [-0.4, -0.2) is 46.4 Å². The molecule has 0 aromatic carbocycles. The van der Waals surface area contributed by atoms with Gasteiger partial charge in [0, 0.05) is 13.5 Å². The van der Waals surface area contributed by atoms with E-state index in [1.54, 1.807) is 0 Å². The van der Waals surface area contributed by atoms with E-state index >= 15 is 0 Å². The lowest BCUT2D eigenvalue weighted by Crippen LogP contribution is -2.56. The Bertz CT molecular complexity index is 332. The molecule has 0 spiro atoms. The number of likely N-dealkylation sites (tertiary alicyclic amines) is 1. The third-order valence-corrected chi connectivity index (χ3v) is 2.51. The van der Waals surface area contributed by atoms with Gasteiger partial charge >= 0.3 is 0 Å². The first-order valence-corrected chi connectivity index (χ1v) is 5.07. The number of nitrogens with one attached hydrogen (secondary N) is 1. The second-order valence-corrected chi connectivity index (χ2v) is 4.41. The fourth-order valence-corrected chi connectivity index (χ4v) is 1.38. The molecule has 0 bridgehead atoms. The Morgan fingerprint density at radius 3 is 2.56 bits per heavy atom. The van der Waals surface area contributed by atoms with E-state index in [9.17, 15) is 19.5 Å². The molecule has 1 aliphatic rings. The summed E-state index contributed by atoms with van der Waals surface area (Å²) in [7, 11) is 1.38. The zero-order valence-corrected chi connectivity index (χ0v) is 9.61. The predicted molar refractivity (Wildman–Crippen MR) is 55.2 cm³/mol. The van der Waals surface area contributed by atoms with Crippen LogP contribution < -0.4 is 5.32 Å². The molecule has 0 radical (unpaired) electrons. The van der Waals surface area contributed by atoms with Crippen molar-refractivity contribution in [1.82, 2.24) is 10.2 Å². The number of imide groups is 1. The lowest BCUT2D eigenvalue weighted by molar-refractivity contribution is -0.151. The summed E-state index contributed by atoms with van der Waals surface area (Å²) in [6, 6.07) is -0.721. The van der Waals surface area contributed by atoms with E-state index in [4.69, 9.17) is 0 Å². The Labute approximate surface area is 93.6 Å². The zero-order valence-electron chi connectivity index (χ0n) is 9.61. The van der Waals surface area contributed by atoms with Gasteiger partial charge in [-0.25, -0.2) is 0 Å². The fourth-order valence-electron chi connectivity index (χ4n) is 1.38. The number of piperidine rings is 1. The summed E-state index contributed by atoms with van der Waals surface area (Å²) in [5, 5.41) is 11.8. The van der Waals surface area contributed by atoms with E-state index in [0.29, 0.717) is 0 Å². The molecule has 0 aromatic rings. The number of carbonyl (C=O) groups is 3. The molecule has 1 fully saturated rings. The molecule has 90 valence electrons. The van der Waals surface area contributed by atoms with Crippen molar-refractivity contribution in [2.75, 3.05) is 7.05 Å². The minimum atomic E-state index is -1.53. The predicted octanol–water partition coefficient (Wildman–Crippen LogP) is -0.979. The lowest BCUT2D eigenvalue weighted by Gasteiger charge is -2.29. The van der Waals surface area contributed by atoms with Crippen LogP contribution in [0.4, 0.5) is 0 Å². The summed E-state index contributed by atoms with van der Waals surface area (Å²) >= 11 is 0. The Balaban J connectivity index is 2.66. The summed E-state index contributed by atoms with van der Waals surface area (Å²) in [6.07, 6.45) is 0.503. The first-order chi connectivity index (χ1) is 7.23. The standard InChI is InChI=1S/C10H16N2O4/c1-10(2,16)9(15)11-6-4-5-7(13)12(3)8(6)14/h6,16H,4-5H2,1-3H3,(H,11,15). The number of amides is 3. The number of hydrogen-bond donors (Lipinski definition) is 2. The van der Waals surface area contributed by atoms with Gasteiger partial charge in [0.05, 0.1) is 0 Å². The number of nitrogens with zero attached hydrogens (tertiary/aromatic N) is 1. The maximum atomic E-state index is 11.6. The highest BCUT2D eigenvalue weighted by molar-refractivity contribution is 6.01. The molecule has 1 unspecified atom stereocenters. The Hall–Kier alpha value is -1.43. The van der Waals surface area contributed by atoms with Crippen molar-refractivity contribution in [3.63, 3.8) is 0 Å². The van der Waals surface area contributed by atoms with Crippen molar-refractivity contribution in [1.29, 1.82) is 0 Å². The highest BCUT2D eigenvalue weighted by atomic mass is 16.3. The second-order valence-electron chi connectivity index (χ2n) is 4.41. The molecule has 0 saturated carbocycles. The number of hydrogen-bond acceptors (Lipinski definition) is 4. The van der Waals surface area contributed by atoms with E-state index in [2.05, 4.69) is 5.32 Å². The number of likely N-dealkylation sites (N-methyl/N-ethyl adjacent to an activating group) is 1. The van der Waals surface area contributed by atoms with Crippen LogP contribution in [0.5, 0.6) is 0 Å². The summed E-state index contributed by atoms with van der Waals surface area (Å²) in [5.74, 6) is -1.30. The minimum Gasteiger partial charge on any atom is -0.381 e. The minimum absolute atomic E-state index is 0.221. The van der Waals surface area contributed by atoms with Crippen LogP contribution in [0.1, 0.15) is 26.7 Å². The molecule has 1 atom stereocenters. The van der Waals surface area contributed by atoms with Gasteiger partial charge in [-0.2, -0.15) is 0 Å². The van der Waals surface area contributed by atoms with Crippen molar-refractivity contribution in [3.05, 3.63) is 0 Å². The molecule has 6 heteroatoms. The van der Waals surface area contributed by atoms with Crippen LogP contribution in [0.3, 0.4) is 0 Å². The van der Waals surface area contributed by atoms with Gasteiger partial charge in [0.15, 0.2) is 0 Å². The van der Waals surface area contributed by atoms with Gasteiger partial charge in [-0.3, -0.25) is 19.3 Å². The monoisotopic (exact) mass is 228 g/mol. The third-order valence-electron chi connectivity index (χ3n) is 2.51. The number of aliphatic hydroxyl groups is 1. The largest absolute Gasteiger partial charge is 0.381 e. The molecular weight excluding hydrogens is 212 g/mol. The summed E-state index contributed by atoms with van der Waals surface area (Å²) < 4.78 is 0. The Morgan fingerprint density at radius 1 is 1.50 bits per heavy atom. The molecule has 1 rings (SSSR count). The van der Waals surface area contributed by atoms with Crippen LogP contribution in [0.15, 0.2) is 0 Å². The smallest absolute Gasteiger partial charge is 0.252 e. The lowest BCUT2D eigenvalue weighted by atomic mass is 10.0.